The summed E-state index contributed by atoms with van der Waals surface area (Å²) in [6.07, 6.45) is 2.38. The molecule has 0 aliphatic rings. The molecule has 0 heterocycles. The first kappa shape index (κ1) is 13.6. The molecule has 0 unspecified atom stereocenters. The third-order valence-electron chi connectivity index (χ3n) is 1.28. The maximum Gasteiger partial charge on any atom is 0.270 e. The van der Waals surface area contributed by atoms with Gasteiger partial charge in [0.05, 0.1) is 25.7 Å². The smallest absolute Gasteiger partial charge is 0.270 e. The van der Waals surface area contributed by atoms with E-state index in [0.29, 0.717) is 0 Å². The lowest BCUT2D eigenvalue weighted by molar-refractivity contribution is 0.398. The summed E-state index contributed by atoms with van der Waals surface area (Å²) < 4.78 is 51.2. The predicted molar refractivity (Wildman–Crippen MR) is 50.7 cm³/mol. The molecule has 84 valence electrons. The first-order valence-corrected chi connectivity index (χ1v) is 6.70. The van der Waals surface area contributed by atoms with E-state index in [1.165, 1.54) is 12.2 Å². The summed E-state index contributed by atoms with van der Waals surface area (Å²) in [5, 5.41) is 0. The Morgan fingerprint density at radius 3 is 1.36 bits per heavy atom. The van der Waals surface area contributed by atoms with Gasteiger partial charge in [-0.1, -0.05) is 12.2 Å². The van der Waals surface area contributed by atoms with E-state index in [1.54, 1.807) is 0 Å². The molecule has 0 rings (SSSR count). The van der Waals surface area contributed by atoms with Crippen molar-refractivity contribution in [1.29, 1.82) is 0 Å². The molecule has 0 fully saturated rings. The zero-order chi connectivity index (χ0) is 11.2. The second-order valence-corrected chi connectivity index (χ2v) is 5.82. The second kappa shape index (κ2) is 5.44. The van der Waals surface area contributed by atoms with Crippen LogP contribution >= 0.6 is 0 Å². The lowest BCUT2D eigenvalue weighted by Crippen LogP contribution is -2.08. The maximum atomic E-state index is 10.7. The lowest BCUT2D eigenvalue weighted by Gasteiger charge is -1.96. The van der Waals surface area contributed by atoms with Crippen molar-refractivity contribution >= 4 is 20.2 Å². The standard InChI is InChI=1S/C6H12O6S2/c1-11-13(7,8)5-3-4-6-14(9,10)12-2/h3-4H,5-6H2,1-2H3. The van der Waals surface area contributed by atoms with E-state index in [9.17, 15) is 16.8 Å². The first-order valence-electron chi connectivity index (χ1n) is 3.54. The maximum absolute atomic E-state index is 10.7. The van der Waals surface area contributed by atoms with Crippen LogP contribution in [0.2, 0.25) is 0 Å². The van der Waals surface area contributed by atoms with Crippen LogP contribution in [0.5, 0.6) is 0 Å². The molecule has 0 aromatic carbocycles. The van der Waals surface area contributed by atoms with E-state index in [1.807, 2.05) is 0 Å². The molecule has 0 aliphatic carbocycles. The van der Waals surface area contributed by atoms with E-state index in [-0.39, 0.29) is 11.5 Å². The summed E-state index contributed by atoms with van der Waals surface area (Å²) in [6.45, 7) is 0. The van der Waals surface area contributed by atoms with Gasteiger partial charge in [0, 0.05) is 0 Å². The van der Waals surface area contributed by atoms with Gasteiger partial charge in [-0.3, -0.25) is 8.37 Å². The Morgan fingerprint density at radius 1 is 0.857 bits per heavy atom. The topological polar surface area (TPSA) is 86.7 Å². The molecule has 0 saturated carbocycles. The van der Waals surface area contributed by atoms with Gasteiger partial charge in [0.2, 0.25) is 0 Å². The van der Waals surface area contributed by atoms with Gasteiger partial charge in [0.1, 0.15) is 0 Å². The van der Waals surface area contributed by atoms with Gasteiger partial charge in [-0.2, -0.15) is 16.8 Å². The third kappa shape index (κ3) is 6.08. The highest BCUT2D eigenvalue weighted by atomic mass is 32.2. The molecule has 0 aliphatic heterocycles. The Bertz CT molecular complexity index is 339. The van der Waals surface area contributed by atoms with Crippen molar-refractivity contribution in [3.8, 4) is 0 Å². The van der Waals surface area contributed by atoms with Gasteiger partial charge in [-0.25, -0.2) is 0 Å². The molecule has 0 bridgehead atoms. The molecule has 0 spiro atoms. The average molecular weight is 244 g/mol. The molecule has 8 heteroatoms. The van der Waals surface area contributed by atoms with Crippen molar-refractivity contribution in [2.24, 2.45) is 0 Å². The van der Waals surface area contributed by atoms with Crippen LogP contribution in [0.25, 0.3) is 0 Å². The monoisotopic (exact) mass is 244 g/mol. The van der Waals surface area contributed by atoms with E-state index >= 15 is 0 Å². The number of hydrogen-bond donors (Lipinski definition) is 0. The van der Waals surface area contributed by atoms with Crippen molar-refractivity contribution in [1.82, 2.24) is 0 Å². The molecule has 0 amide bonds. The van der Waals surface area contributed by atoms with Crippen molar-refractivity contribution in [3.63, 3.8) is 0 Å². The summed E-state index contributed by atoms with van der Waals surface area (Å²) in [6, 6.07) is 0. The van der Waals surface area contributed by atoms with Crippen LogP contribution in [0.15, 0.2) is 12.2 Å². The van der Waals surface area contributed by atoms with Gasteiger partial charge >= 0.3 is 0 Å². The summed E-state index contributed by atoms with van der Waals surface area (Å²) in [5.41, 5.74) is 0. The minimum Gasteiger partial charge on any atom is -0.273 e. The zero-order valence-electron chi connectivity index (χ0n) is 7.83. The second-order valence-electron chi connectivity index (χ2n) is 2.25. The highest BCUT2D eigenvalue weighted by Gasteiger charge is 2.06. The fourth-order valence-corrected chi connectivity index (χ4v) is 1.52. The van der Waals surface area contributed by atoms with Gasteiger partial charge in [-0.15, -0.1) is 0 Å². The van der Waals surface area contributed by atoms with Crippen LogP contribution in [0.3, 0.4) is 0 Å². The SMILES string of the molecule is COS(=O)(=O)CC=CCS(=O)(=O)OC. The molecule has 0 atom stereocenters. The minimum atomic E-state index is -3.57. The van der Waals surface area contributed by atoms with Crippen molar-refractivity contribution in [2.75, 3.05) is 25.7 Å². The fraction of sp³-hybridized carbons (Fsp3) is 0.667. The van der Waals surface area contributed by atoms with Gasteiger partial charge in [-0.05, 0) is 0 Å². The Kier molecular flexibility index (Phi) is 5.27. The Labute approximate surface area is 83.8 Å². The Balaban J connectivity index is 4.12. The molecule has 0 saturated heterocycles. The highest BCUT2D eigenvalue weighted by molar-refractivity contribution is 7.87. The molecular formula is C6H12O6S2. The van der Waals surface area contributed by atoms with Crippen LogP contribution in [0.1, 0.15) is 0 Å². The lowest BCUT2D eigenvalue weighted by atomic mass is 10.6. The van der Waals surface area contributed by atoms with E-state index in [2.05, 4.69) is 8.37 Å². The van der Waals surface area contributed by atoms with Crippen LogP contribution in [-0.4, -0.2) is 42.6 Å². The Hall–Kier alpha value is -0.440. The summed E-state index contributed by atoms with van der Waals surface area (Å²) in [5.74, 6) is -0.717. The van der Waals surface area contributed by atoms with E-state index in [0.717, 1.165) is 14.2 Å². The van der Waals surface area contributed by atoms with Crippen molar-refractivity contribution in [2.45, 2.75) is 0 Å². The normalized spacial score (nSPS) is 13.6. The largest absolute Gasteiger partial charge is 0.273 e. The van der Waals surface area contributed by atoms with Gasteiger partial charge < -0.3 is 0 Å². The summed E-state index contributed by atoms with van der Waals surface area (Å²) in [7, 11) is -5.06. The molecular weight excluding hydrogens is 232 g/mol. The van der Waals surface area contributed by atoms with Crippen molar-refractivity contribution in [3.05, 3.63) is 12.2 Å². The third-order valence-corrected chi connectivity index (χ3v) is 3.49. The van der Waals surface area contributed by atoms with Crippen LogP contribution in [-0.2, 0) is 28.6 Å². The quantitative estimate of drug-likeness (QED) is 0.462. The fourth-order valence-electron chi connectivity index (χ4n) is 0.508. The summed E-state index contributed by atoms with van der Waals surface area (Å²) in [4.78, 5) is 0. The van der Waals surface area contributed by atoms with Crippen LogP contribution < -0.4 is 0 Å². The van der Waals surface area contributed by atoms with Crippen LogP contribution in [0, 0.1) is 0 Å². The molecule has 14 heavy (non-hydrogen) atoms. The van der Waals surface area contributed by atoms with Crippen LogP contribution in [0.4, 0.5) is 0 Å². The predicted octanol–water partition coefficient (Wildman–Crippen LogP) is -0.505. The first-order chi connectivity index (χ1) is 6.33. The van der Waals surface area contributed by atoms with Gasteiger partial charge in [0.25, 0.3) is 20.2 Å². The van der Waals surface area contributed by atoms with E-state index < -0.39 is 20.2 Å². The number of hydrogen-bond acceptors (Lipinski definition) is 6. The van der Waals surface area contributed by atoms with Crippen molar-refractivity contribution < 1.29 is 25.2 Å². The molecule has 0 radical (unpaired) electrons. The molecule has 0 aromatic rings. The number of rotatable bonds is 6. The van der Waals surface area contributed by atoms with E-state index in [4.69, 9.17) is 0 Å². The Morgan fingerprint density at radius 2 is 1.14 bits per heavy atom. The zero-order valence-corrected chi connectivity index (χ0v) is 9.47. The minimum absolute atomic E-state index is 0.358. The average Bonchev–Trinajstić information content (AvgIpc) is 2.13. The molecule has 0 N–H and O–H groups in total. The molecule has 0 aromatic heterocycles. The highest BCUT2D eigenvalue weighted by Crippen LogP contribution is 1.94. The summed E-state index contributed by atoms with van der Waals surface area (Å²) >= 11 is 0. The molecule has 6 nitrogen and oxygen atoms in total. The van der Waals surface area contributed by atoms with Gasteiger partial charge in [0.15, 0.2) is 0 Å².